The Kier molecular flexibility index (Phi) is 5.81. The van der Waals surface area contributed by atoms with E-state index in [1.165, 1.54) is 24.5 Å². The first-order chi connectivity index (χ1) is 11.5. The third-order valence-corrected chi connectivity index (χ3v) is 3.87. The summed E-state index contributed by atoms with van der Waals surface area (Å²) in [5.41, 5.74) is -0.341. The van der Waals surface area contributed by atoms with Crippen molar-refractivity contribution >= 4 is 46.4 Å². The lowest BCUT2D eigenvalue weighted by atomic mass is 10.1. The molecule has 136 valence electrons. The Morgan fingerprint density at radius 2 is 1.88 bits per heavy atom. The van der Waals surface area contributed by atoms with Crippen molar-refractivity contribution in [3.63, 3.8) is 0 Å². The van der Waals surface area contributed by atoms with E-state index >= 15 is 0 Å². The Balaban J connectivity index is 2.27. The van der Waals surface area contributed by atoms with Gasteiger partial charge in [0, 0.05) is 5.69 Å². The number of hydrogen-bond acceptors (Lipinski definition) is 3. The molecule has 2 rings (SSSR count). The van der Waals surface area contributed by atoms with Gasteiger partial charge in [0.1, 0.15) is 6.17 Å². The van der Waals surface area contributed by atoms with Crippen LogP contribution in [-0.2, 0) is 6.18 Å². The lowest BCUT2D eigenvalue weighted by Gasteiger charge is -2.28. The maximum absolute atomic E-state index is 12.9. The Morgan fingerprint density at radius 1 is 1.20 bits per heavy atom. The number of carbonyl (C=O) groups excluding carboxylic acids is 1. The average molecular weight is 416 g/mol. The predicted octanol–water partition coefficient (Wildman–Crippen LogP) is 5.15. The van der Waals surface area contributed by atoms with E-state index in [0.717, 1.165) is 12.1 Å². The van der Waals surface area contributed by atoms with Crippen LogP contribution in [0.5, 0.6) is 0 Å². The number of carbonyl (C=O) groups is 1. The number of aryl methyl sites for hydroxylation is 1. The second kappa shape index (κ2) is 7.35. The summed E-state index contributed by atoms with van der Waals surface area (Å²) in [6.07, 6.45) is -4.56. The number of halogens is 6. The fraction of sp³-hybridized carbons (Fsp3) is 0.267. The first-order valence-electron chi connectivity index (χ1n) is 6.84. The molecule has 1 heterocycles. The van der Waals surface area contributed by atoms with Crippen LogP contribution in [0.3, 0.4) is 0 Å². The quantitative estimate of drug-likeness (QED) is 0.537. The van der Waals surface area contributed by atoms with E-state index in [-0.39, 0.29) is 11.4 Å². The summed E-state index contributed by atoms with van der Waals surface area (Å²) in [7, 11) is 0. The number of hydrogen-bond donors (Lipinski definition) is 2. The van der Waals surface area contributed by atoms with Gasteiger partial charge < -0.3 is 15.1 Å². The Morgan fingerprint density at radius 3 is 2.40 bits per heavy atom. The first-order valence-corrected chi connectivity index (χ1v) is 7.97. The zero-order chi connectivity index (χ0) is 18.8. The minimum atomic E-state index is -4.53. The summed E-state index contributed by atoms with van der Waals surface area (Å²) in [5.74, 6) is -0.736. The van der Waals surface area contributed by atoms with Gasteiger partial charge in [0.15, 0.2) is 5.76 Å². The van der Waals surface area contributed by atoms with Gasteiger partial charge in [-0.3, -0.25) is 4.79 Å². The molecule has 0 aliphatic heterocycles. The molecule has 1 aromatic carbocycles. The first kappa shape index (κ1) is 19.8. The van der Waals surface area contributed by atoms with Crippen molar-refractivity contribution in [3.05, 3.63) is 53.5 Å². The highest BCUT2D eigenvalue weighted by atomic mass is 35.6. The molecule has 0 spiro atoms. The van der Waals surface area contributed by atoms with Gasteiger partial charge in [0.05, 0.1) is 11.8 Å². The molecule has 0 radical (unpaired) electrons. The lowest BCUT2D eigenvalue weighted by molar-refractivity contribution is -0.137. The summed E-state index contributed by atoms with van der Waals surface area (Å²) in [4.78, 5) is 12.1. The third-order valence-electron chi connectivity index (χ3n) is 3.21. The molecule has 0 bridgehead atoms. The van der Waals surface area contributed by atoms with Crippen LogP contribution in [0.15, 0.2) is 41.0 Å². The molecule has 0 saturated carbocycles. The lowest BCUT2D eigenvalue weighted by Crippen LogP contribution is -2.49. The van der Waals surface area contributed by atoms with Gasteiger partial charge in [0.25, 0.3) is 5.91 Å². The van der Waals surface area contributed by atoms with Crippen molar-refractivity contribution in [2.24, 2.45) is 0 Å². The second-order valence-corrected chi connectivity index (χ2v) is 7.47. The Labute approximate surface area is 156 Å². The minimum Gasteiger partial charge on any atom is -0.459 e. The molecule has 10 heteroatoms. The van der Waals surface area contributed by atoms with Crippen molar-refractivity contribution in [3.8, 4) is 0 Å². The fourth-order valence-corrected chi connectivity index (χ4v) is 2.25. The molecule has 25 heavy (non-hydrogen) atoms. The van der Waals surface area contributed by atoms with Crippen LogP contribution >= 0.6 is 34.8 Å². The topological polar surface area (TPSA) is 54.3 Å². The molecule has 0 saturated heterocycles. The van der Waals surface area contributed by atoms with Crippen LogP contribution < -0.4 is 10.6 Å². The Hall–Kier alpha value is -1.57. The molecule has 1 aromatic heterocycles. The Bertz CT molecular complexity index is 743. The van der Waals surface area contributed by atoms with Gasteiger partial charge in [-0.15, -0.1) is 0 Å². The van der Waals surface area contributed by atoms with Gasteiger partial charge in [-0.25, -0.2) is 0 Å². The second-order valence-electron chi connectivity index (χ2n) is 5.10. The molecular formula is C15H12Cl3F3N2O2. The van der Waals surface area contributed by atoms with E-state index in [1.54, 1.807) is 6.92 Å². The van der Waals surface area contributed by atoms with Crippen molar-refractivity contribution < 1.29 is 22.4 Å². The van der Waals surface area contributed by atoms with Crippen LogP contribution in [0.2, 0.25) is 0 Å². The third kappa shape index (κ3) is 5.20. The number of anilines is 1. The van der Waals surface area contributed by atoms with Gasteiger partial charge in [-0.05, 0) is 36.8 Å². The highest BCUT2D eigenvalue weighted by molar-refractivity contribution is 6.68. The van der Waals surface area contributed by atoms with Gasteiger partial charge >= 0.3 is 6.18 Å². The molecular weight excluding hydrogens is 404 g/mol. The zero-order valence-corrected chi connectivity index (χ0v) is 14.9. The van der Waals surface area contributed by atoms with E-state index in [9.17, 15) is 18.0 Å². The highest BCUT2D eigenvalue weighted by Gasteiger charge is 2.36. The summed E-state index contributed by atoms with van der Waals surface area (Å²) in [5, 5.41) is 5.00. The molecule has 0 aliphatic carbocycles. The van der Waals surface area contributed by atoms with E-state index in [0.29, 0.717) is 5.56 Å². The van der Waals surface area contributed by atoms with Crippen LogP contribution in [0, 0.1) is 6.92 Å². The molecule has 0 unspecified atom stereocenters. The standard InChI is InChI=1S/C15H12Cl3F3N2O2/c1-8-4-5-9(15(19,20)21)7-10(8)22-13(14(16,17)18)23-12(24)11-3-2-6-25-11/h2-7,13,22H,1H3,(H,23,24)/t13-/m0/s1. The summed E-state index contributed by atoms with van der Waals surface area (Å²) in [6.45, 7) is 1.58. The van der Waals surface area contributed by atoms with E-state index in [2.05, 4.69) is 10.6 Å². The maximum atomic E-state index is 12.9. The SMILES string of the molecule is Cc1ccc(C(F)(F)F)cc1N[C@@H](NC(=O)c1ccco1)C(Cl)(Cl)Cl. The number of benzene rings is 1. The maximum Gasteiger partial charge on any atom is 0.416 e. The monoisotopic (exact) mass is 414 g/mol. The number of furan rings is 1. The van der Waals surface area contributed by atoms with E-state index in [1.807, 2.05) is 0 Å². The van der Waals surface area contributed by atoms with Crippen LogP contribution in [0.4, 0.5) is 18.9 Å². The largest absolute Gasteiger partial charge is 0.459 e. The van der Waals surface area contributed by atoms with Gasteiger partial charge in [0.2, 0.25) is 3.79 Å². The van der Waals surface area contributed by atoms with Crippen LogP contribution in [-0.4, -0.2) is 15.9 Å². The summed E-state index contributed by atoms with van der Waals surface area (Å²) in [6, 6.07) is 5.96. The summed E-state index contributed by atoms with van der Waals surface area (Å²) < 4.78 is 41.5. The molecule has 0 fully saturated rings. The van der Waals surface area contributed by atoms with Crippen LogP contribution in [0.25, 0.3) is 0 Å². The molecule has 0 aliphatic rings. The number of nitrogens with one attached hydrogen (secondary N) is 2. The van der Waals surface area contributed by atoms with Crippen LogP contribution in [0.1, 0.15) is 21.7 Å². The normalized spacial score (nSPS) is 13.4. The molecule has 2 aromatic rings. The molecule has 1 amide bonds. The molecule has 2 N–H and O–H groups in total. The predicted molar refractivity (Wildman–Crippen MR) is 90.1 cm³/mol. The molecule has 4 nitrogen and oxygen atoms in total. The molecule has 1 atom stereocenters. The fourth-order valence-electron chi connectivity index (χ4n) is 1.92. The minimum absolute atomic E-state index is 0.0400. The van der Waals surface area contributed by atoms with Crippen molar-refractivity contribution in [2.45, 2.75) is 23.1 Å². The number of alkyl halides is 6. The van der Waals surface area contributed by atoms with E-state index in [4.69, 9.17) is 39.2 Å². The summed E-state index contributed by atoms with van der Waals surface area (Å²) >= 11 is 17.5. The van der Waals surface area contributed by atoms with Gasteiger partial charge in [-0.1, -0.05) is 40.9 Å². The van der Waals surface area contributed by atoms with Crippen molar-refractivity contribution in [1.82, 2.24) is 5.32 Å². The number of amides is 1. The van der Waals surface area contributed by atoms with Gasteiger partial charge in [-0.2, -0.15) is 13.2 Å². The average Bonchev–Trinajstić information content (AvgIpc) is 3.00. The number of rotatable bonds is 4. The smallest absolute Gasteiger partial charge is 0.416 e. The highest BCUT2D eigenvalue weighted by Crippen LogP contribution is 2.35. The van der Waals surface area contributed by atoms with Crippen molar-refractivity contribution in [2.75, 3.05) is 5.32 Å². The van der Waals surface area contributed by atoms with E-state index < -0.39 is 27.6 Å². The zero-order valence-electron chi connectivity index (χ0n) is 12.6. The van der Waals surface area contributed by atoms with Crippen molar-refractivity contribution in [1.29, 1.82) is 0 Å².